The van der Waals surface area contributed by atoms with Crippen molar-refractivity contribution in [3.8, 4) is 0 Å². The number of hydrogen-bond acceptors (Lipinski definition) is 2. The first-order valence-corrected chi connectivity index (χ1v) is 12.5. The van der Waals surface area contributed by atoms with Crippen molar-refractivity contribution in [3.05, 3.63) is 12.4 Å². The molecule has 0 aromatic carbocycles. The summed E-state index contributed by atoms with van der Waals surface area (Å²) in [5, 5.41) is 0. The maximum absolute atomic E-state index is 2.51. The molecule has 0 fully saturated rings. The molecule has 0 aromatic rings. The van der Waals surface area contributed by atoms with Crippen LogP contribution in [-0.2, 0) is 0 Å². The number of hydrogen-bond donors (Lipinski definition) is 0. The van der Waals surface area contributed by atoms with E-state index in [1.54, 1.807) is 0 Å². The van der Waals surface area contributed by atoms with Gasteiger partial charge in [-0.15, -0.1) is 0 Å². The average Bonchev–Trinajstić information content (AvgIpc) is 3.13. The molecule has 2 heteroatoms. The predicted octanol–water partition coefficient (Wildman–Crippen LogP) is 8.09. The van der Waals surface area contributed by atoms with Gasteiger partial charge in [-0.3, -0.25) is 0 Å². The normalized spacial score (nSPS) is 13.9. The fourth-order valence-electron chi connectivity index (χ4n) is 4.06. The summed E-state index contributed by atoms with van der Waals surface area (Å²) in [6.45, 7) is 8.22. The second-order valence-electron chi connectivity index (χ2n) is 8.72. The summed E-state index contributed by atoms with van der Waals surface area (Å²) in [6, 6.07) is 0. The van der Waals surface area contributed by atoms with Crippen molar-refractivity contribution in [2.45, 2.75) is 129 Å². The van der Waals surface area contributed by atoms with Crippen molar-refractivity contribution < 1.29 is 0 Å². The molecule has 1 rings (SSSR count). The van der Waals surface area contributed by atoms with Gasteiger partial charge < -0.3 is 9.80 Å². The highest BCUT2D eigenvalue weighted by atomic mass is 15.3. The van der Waals surface area contributed by atoms with Gasteiger partial charge in [-0.1, -0.05) is 117 Å². The molecule has 0 saturated heterocycles. The summed E-state index contributed by atoms with van der Waals surface area (Å²) in [4.78, 5) is 5.01. The van der Waals surface area contributed by atoms with Crippen LogP contribution in [0.15, 0.2) is 12.4 Å². The largest absolute Gasteiger partial charge is 0.359 e. The molecule has 0 radical (unpaired) electrons. The van der Waals surface area contributed by atoms with Crippen LogP contribution in [0, 0.1) is 0 Å². The minimum absolute atomic E-state index is 1.13. The second-order valence-corrected chi connectivity index (χ2v) is 8.72. The minimum Gasteiger partial charge on any atom is -0.359 e. The Hall–Kier alpha value is -0.660. The van der Waals surface area contributed by atoms with E-state index in [4.69, 9.17) is 0 Å². The Morgan fingerprint density at radius 1 is 0.444 bits per heavy atom. The van der Waals surface area contributed by atoms with E-state index < -0.39 is 0 Å². The van der Waals surface area contributed by atoms with E-state index in [0.717, 1.165) is 6.67 Å². The van der Waals surface area contributed by atoms with Crippen LogP contribution in [0.3, 0.4) is 0 Å². The molecule has 0 N–H and O–H groups in total. The lowest BCUT2D eigenvalue weighted by atomic mass is 10.1. The molecule has 0 spiro atoms. The van der Waals surface area contributed by atoms with E-state index in [2.05, 4.69) is 36.0 Å². The van der Waals surface area contributed by atoms with Gasteiger partial charge in [0.05, 0.1) is 6.67 Å². The Labute approximate surface area is 171 Å². The highest BCUT2D eigenvalue weighted by molar-refractivity contribution is 4.90. The lowest BCUT2D eigenvalue weighted by Crippen LogP contribution is -2.26. The zero-order chi connectivity index (χ0) is 19.4. The minimum atomic E-state index is 1.13. The standard InChI is InChI=1S/C25H50N2/c1-3-5-7-9-11-12-13-14-16-18-20-22-27-24-23-26(25-27)21-19-17-15-10-8-6-4-2/h23-24H,3-22,25H2,1-2H3. The van der Waals surface area contributed by atoms with Gasteiger partial charge in [0.1, 0.15) is 0 Å². The molecule has 0 aromatic heterocycles. The van der Waals surface area contributed by atoms with Crippen LogP contribution >= 0.6 is 0 Å². The van der Waals surface area contributed by atoms with Gasteiger partial charge in [-0.25, -0.2) is 0 Å². The summed E-state index contributed by atoms with van der Waals surface area (Å²) >= 11 is 0. The molecule has 1 heterocycles. The Bertz CT molecular complexity index is 326. The van der Waals surface area contributed by atoms with Gasteiger partial charge >= 0.3 is 0 Å². The molecular weight excluding hydrogens is 328 g/mol. The van der Waals surface area contributed by atoms with Crippen molar-refractivity contribution in [3.63, 3.8) is 0 Å². The Balaban J connectivity index is 1.81. The SMILES string of the molecule is CCCCCCCCCCCCCN1C=CN(CCCCCCCCC)C1. The first-order valence-electron chi connectivity index (χ1n) is 12.5. The fraction of sp³-hybridized carbons (Fsp3) is 0.920. The van der Waals surface area contributed by atoms with E-state index >= 15 is 0 Å². The van der Waals surface area contributed by atoms with Gasteiger partial charge in [0.15, 0.2) is 0 Å². The van der Waals surface area contributed by atoms with Crippen LogP contribution in [0.1, 0.15) is 129 Å². The van der Waals surface area contributed by atoms with Crippen LogP contribution < -0.4 is 0 Å². The Kier molecular flexibility index (Phi) is 16.9. The van der Waals surface area contributed by atoms with E-state index in [1.807, 2.05) is 0 Å². The van der Waals surface area contributed by atoms with Gasteiger partial charge in [0.2, 0.25) is 0 Å². The van der Waals surface area contributed by atoms with Crippen LogP contribution in [0.25, 0.3) is 0 Å². The maximum atomic E-state index is 2.51. The molecule has 2 nitrogen and oxygen atoms in total. The van der Waals surface area contributed by atoms with Gasteiger partial charge in [0.25, 0.3) is 0 Å². The molecule has 1 aliphatic rings. The molecule has 0 aliphatic carbocycles. The molecular formula is C25H50N2. The molecule has 27 heavy (non-hydrogen) atoms. The zero-order valence-corrected chi connectivity index (χ0v) is 18.9. The first-order chi connectivity index (χ1) is 13.4. The van der Waals surface area contributed by atoms with Gasteiger partial charge in [-0.05, 0) is 12.8 Å². The van der Waals surface area contributed by atoms with Crippen molar-refractivity contribution in [2.75, 3.05) is 19.8 Å². The van der Waals surface area contributed by atoms with Gasteiger partial charge in [-0.2, -0.15) is 0 Å². The number of rotatable bonds is 20. The predicted molar refractivity (Wildman–Crippen MR) is 122 cm³/mol. The first kappa shape index (κ1) is 24.4. The molecule has 0 saturated carbocycles. The molecule has 0 unspecified atom stereocenters. The van der Waals surface area contributed by atoms with Gasteiger partial charge in [0, 0.05) is 25.5 Å². The third-order valence-electron chi connectivity index (χ3n) is 5.95. The fourth-order valence-corrected chi connectivity index (χ4v) is 4.06. The van der Waals surface area contributed by atoms with Crippen molar-refractivity contribution in [1.29, 1.82) is 0 Å². The van der Waals surface area contributed by atoms with Crippen molar-refractivity contribution in [1.82, 2.24) is 9.80 Å². The van der Waals surface area contributed by atoms with E-state index in [0.29, 0.717) is 0 Å². The molecule has 160 valence electrons. The van der Waals surface area contributed by atoms with Crippen LogP contribution in [-0.4, -0.2) is 29.6 Å². The van der Waals surface area contributed by atoms with Crippen LogP contribution in [0.5, 0.6) is 0 Å². The van der Waals surface area contributed by atoms with Crippen molar-refractivity contribution >= 4 is 0 Å². The lowest BCUT2D eigenvalue weighted by Gasteiger charge is -2.21. The highest BCUT2D eigenvalue weighted by Crippen LogP contribution is 2.14. The summed E-state index contributed by atoms with van der Waals surface area (Å²) in [7, 11) is 0. The Morgan fingerprint density at radius 2 is 0.741 bits per heavy atom. The highest BCUT2D eigenvalue weighted by Gasteiger charge is 2.10. The monoisotopic (exact) mass is 378 g/mol. The number of unbranched alkanes of at least 4 members (excludes halogenated alkanes) is 16. The Morgan fingerprint density at radius 3 is 1.07 bits per heavy atom. The average molecular weight is 379 g/mol. The van der Waals surface area contributed by atoms with Crippen molar-refractivity contribution in [2.24, 2.45) is 0 Å². The van der Waals surface area contributed by atoms with Crippen LogP contribution in [0.4, 0.5) is 0 Å². The smallest absolute Gasteiger partial charge is 0.0893 e. The van der Waals surface area contributed by atoms with E-state index in [9.17, 15) is 0 Å². The molecule has 0 amide bonds. The zero-order valence-electron chi connectivity index (χ0n) is 18.9. The summed E-state index contributed by atoms with van der Waals surface area (Å²) in [5.41, 5.74) is 0. The summed E-state index contributed by atoms with van der Waals surface area (Å²) < 4.78 is 0. The van der Waals surface area contributed by atoms with Crippen LogP contribution in [0.2, 0.25) is 0 Å². The molecule has 0 atom stereocenters. The topological polar surface area (TPSA) is 6.48 Å². The summed E-state index contributed by atoms with van der Waals surface area (Å²) in [6.07, 6.45) is 30.3. The quantitative estimate of drug-likeness (QED) is 0.197. The second kappa shape index (κ2) is 18.7. The van der Waals surface area contributed by atoms with E-state index in [1.165, 1.54) is 129 Å². The maximum Gasteiger partial charge on any atom is 0.0893 e. The van der Waals surface area contributed by atoms with E-state index in [-0.39, 0.29) is 0 Å². The molecule has 1 aliphatic heterocycles. The molecule has 0 bridgehead atoms. The summed E-state index contributed by atoms with van der Waals surface area (Å²) in [5.74, 6) is 0. The third-order valence-corrected chi connectivity index (χ3v) is 5.95. The third kappa shape index (κ3) is 15.0. The lowest BCUT2D eigenvalue weighted by molar-refractivity contribution is 0.257. The number of nitrogens with zero attached hydrogens (tertiary/aromatic N) is 2.